The van der Waals surface area contributed by atoms with E-state index in [9.17, 15) is 8.42 Å². The van der Waals surface area contributed by atoms with Crippen molar-refractivity contribution in [2.75, 3.05) is 17.1 Å². The average Bonchev–Trinajstić information content (AvgIpc) is 2.97. The summed E-state index contributed by atoms with van der Waals surface area (Å²) in [7, 11) is -2.47. The number of aromatic nitrogens is 3. The highest BCUT2D eigenvalue weighted by Gasteiger charge is 2.22. The zero-order valence-corrected chi connectivity index (χ0v) is 24.4. The van der Waals surface area contributed by atoms with E-state index in [1.54, 1.807) is 44.4 Å². The topological polar surface area (TPSA) is 141 Å². The van der Waals surface area contributed by atoms with Gasteiger partial charge in [0.2, 0.25) is 5.95 Å². The second kappa shape index (κ2) is 12.3. The van der Waals surface area contributed by atoms with Crippen LogP contribution in [0.25, 0.3) is 11.3 Å². The van der Waals surface area contributed by atoms with Crippen LogP contribution in [0, 0.1) is 19.7 Å². The Morgan fingerprint density at radius 1 is 0.952 bits per heavy atom. The van der Waals surface area contributed by atoms with Crippen molar-refractivity contribution < 1.29 is 22.3 Å². The third-order valence-corrected chi connectivity index (χ3v) is 8.94. The Bertz CT molecular complexity index is 1690. The summed E-state index contributed by atoms with van der Waals surface area (Å²) >= 11 is 0. The molecule has 0 unspecified atom stereocenters. The Balaban J connectivity index is 1.34. The van der Waals surface area contributed by atoms with Gasteiger partial charge in [-0.2, -0.15) is 0 Å². The van der Waals surface area contributed by atoms with E-state index >= 15 is 4.39 Å². The second-order valence-electron chi connectivity index (χ2n) is 10.3. The van der Waals surface area contributed by atoms with Crippen LogP contribution in [0.4, 0.5) is 16.0 Å². The first-order chi connectivity index (χ1) is 20.1. The summed E-state index contributed by atoms with van der Waals surface area (Å²) in [5, 5.41) is 3.38. The molecule has 0 aliphatic heterocycles. The Hall–Kier alpha value is -4.29. The van der Waals surface area contributed by atoms with E-state index < -0.39 is 15.8 Å². The van der Waals surface area contributed by atoms with E-state index in [2.05, 4.69) is 25.0 Å². The van der Waals surface area contributed by atoms with Gasteiger partial charge in [-0.05, 0) is 87.1 Å². The van der Waals surface area contributed by atoms with Crippen LogP contribution in [0.15, 0.2) is 66.0 Å². The highest BCUT2D eigenvalue weighted by Crippen LogP contribution is 2.35. The van der Waals surface area contributed by atoms with Crippen LogP contribution in [0.5, 0.6) is 17.2 Å². The lowest BCUT2D eigenvalue weighted by Crippen LogP contribution is -2.33. The highest BCUT2D eigenvalue weighted by atomic mass is 32.2. The minimum Gasteiger partial charge on any atom is -0.496 e. The number of methoxy groups -OCH3 is 1. The molecule has 0 spiro atoms. The number of nitrogens with two attached hydrogens (primary N) is 1. The minimum absolute atomic E-state index is 0.0536. The lowest BCUT2D eigenvalue weighted by molar-refractivity contribution is 0.410. The molecule has 12 heteroatoms. The SMILES string of the molecule is COc1ccc(S(=O)(=O)Nc2ccc(Oc3ccncc3-c3ccnc(NC4CCC(N)CC4)n3)c(F)c2)c(C)c1C. The van der Waals surface area contributed by atoms with Crippen molar-refractivity contribution in [1.82, 2.24) is 15.0 Å². The van der Waals surface area contributed by atoms with Crippen LogP contribution >= 0.6 is 0 Å². The Morgan fingerprint density at radius 3 is 2.45 bits per heavy atom. The van der Waals surface area contributed by atoms with Crippen molar-refractivity contribution in [3.63, 3.8) is 0 Å². The third-order valence-electron chi connectivity index (χ3n) is 7.42. The number of nitrogens with one attached hydrogen (secondary N) is 2. The van der Waals surface area contributed by atoms with Gasteiger partial charge in [0, 0.05) is 36.7 Å². The van der Waals surface area contributed by atoms with Gasteiger partial charge in [0.25, 0.3) is 10.0 Å². The molecule has 220 valence electrons. The molecule has 4 aromatic rings. The van der Waals surface area contributed by atoms with Gasteiger partial charge in [-0.25, -0.2) is 22.8 Å². The molecule has 1 aliphatic rings. The summed E-state index contributed by atoms with van der Waals surface area (Å²) in [6, 6.07) is 10.7. The maximum atomic E-state index is 15.2. The number of rotatable bonds is 9. The number of sulfonamides is 1. The third kappa shape index (κ3) is 6.44. The highest BCUT2D eigenvalue weighted by molar-refractivity contribution is 7.92. The fourth-order valence-electron chi connectivity index (χ4n) is 4.95. The number of hydrogen-bond acceptors (Lipinski definition) is 9. The molecule has 0 saturated heterocycles. The Labute approximate surface area is 244 Å². The first-order valence-corrected chi connectivity index (χ1v) is 15.1. The fourth-order valence-corrected chi connectivity index (χ4v) is 6.30. The molecule has 2 heterocycles. The number of pyridine rings is 1. The number of benzene rings is 2. The van der Waals surface area contributed by atoms with Crippen molar-refractivity contribution in [2.45, 2.75) is 56.5 Å². The second-order valence-corrected chi connectivity index (χ2v) is 11.9. The molecular weight excluding hydrogens is 559 g/mol. The van der Waals surface area contributed by atoms with Gasteiger partial charge in [0.05, 0.1) is 29.0 Å². The van der Waals surface area contributed by atoms with Crippen molar-refractivity contribution in [3.05, 3.63) is 78.0 Å². The number of halogens is 1. The lowest BCUT2D eigenvalue weighted by Gasteiger charge is -2.26. The number of hydrogen-bond donors (Lipinski definition) is 3. The summed E-state index contributed by atoms with van der Waals surface area (Å²) in [4.78, 5) is 13.3. The number of nitrogens with zero attached hydrogens (tertiary/aromatic N) is 3. The van der Waals surface area contributed by atoms with Gasteiger partial charge < -0.3 is 20.5 Å². The van der Waals surface area contributed by atoms with Gasteiger partial charge in [0.1, 0.15) is 11.5 Å². The molecular formula is C30H33FN6O4S. The molecule has 0 radical (unpaired) electrons. The minimum atomic E-state index is -3.99. The van der Waals surface area contributed by atoms with Crippen molar-refractivity contribution in [1.29, 1.82) is 0 Å². The molecule has 1 saturated carbocycles. The van der Waals surface area contributed by atoms with E-state index in [1.807, 2.05) is 0 Å². The quantitative estimate of drug-likeness (QED) is 0.227. The van der Waals surface area contributed by atoms with Crippen molar-refractivity contribution >= 4 is 21.7 Å². The molecule has 0 amide bonds. The summed E-state index contributed by atoms with van der Waals surface area (Å²) in [5.74, 6) is 0.551. The molecule has 4 N–H and O–H groups in total. The van der Waals surface area contributed by atoms with Gasteiger partial charge >= 0.3 is 0 Å². The molecule has 1 aliphatic carbocycles. The molecule has 0 atom stereocenters. The molecule has 2 aromatic carbocycles. The summed E-state index contributed by atoms with van der Waals surface area (Å²) in [6.45, 7) is 3.47. The monoisotopic (exact) mass is 592 g/mol. The number of ether oxygens (including phenoxy) is 2. The van der Waals surface area contributed by atoms with Gasteiger partial charge in [-0.1, -0.05) is 0 Å². The van der Waals surface area contributed by atoms with Crippen LogP contribution in [-0.2, 0) is 10.0 Å². The maximum absolute atomic E-state index is 15.2. The maximum Gasteiger partial charge on any atom is 0.262 e. The van der Waals surface area contributed by atoms with Crippen molar-refractivity contribution in [3.8, 4) is 28.5 Å². The van der Waals surface area contributed by atoms with E-state index in [1.165, 1.54) is 31.5 Å². The average molecular weight is 593 g/mol. The normalized spacial score (nSPS) is 17.0. The van der Waals surface area contributed by atoms with Crippen LogP contribution in [-0.4, -0.2) is 42.6 Å². The predicted molar refractivity (Wildman–Crippen MR) is 159 cm³/mol. The van der Waals surface area contributed by atoms with E-state index in [0.717, 1.165) is 31.7 Å². The number of anilines is 2. The lowest BCUT2D eigenvalue weighted by atomic mass is 9.92. The molecule has 42 heavy (non-hydrogen) atoms. The van der Waals surface area contributed by atoms with Crippen LogP contribution in [0.3, 0.4) is 0 Å². The van der Waals surface area contributed by atoms with Crippen LogP contribution < -0.4 is 25.2 Å². The standard InChI is InChI=1S/C30H33FN6O4S/c1-18-19(2)29(11-10-26(18)40-3)42(38,39)37-22-8-9-28(24(31)16-22)41-27-13-14-33-17-23(27)25-12-15-34-30(36-25)35-21-6-4-20(32)5-7-21/h8-17,20-21,37H,4-7,32H2,1-3H3,(H,34,35,36). The summed E-state index contributed by atoms with van der Waals surface area (Å²) in [6.07, 6.45) is 8.55. The largest absolute Gasteiger partial charge is 0.496 e. The Morgan fingerprint density at radius 2 is 1.71 bits per heavy atom. The van der Waals surface area contributed by atoms with Gasteiger partial charge in [-0.3, -0.25) is 9.71 Å². The van der Waals surface area contributed by atoms with Gasteiger partial charge in [0.15, 0.2) is 11.6 Å². The van der Waals surface area contributed by atoms with E-state index in [0.29, 0.717) is 39.8 Å². The van der Waals surface area contributed by atoms with E-state index in [4.69, 9.17) is 15.2 Å². The first kappa shape index (κ1) is 29.2. The predicted octanol–water partition coefficient (Wildman–Crippen LogP) is 5.58. The molecule has 2 aromatic heterocycles. The van der Waals surface area contributed by atoms with Crippen LogP contribution in [0.1, 0.15) is 36.8 Å². The zero-order valence-electron chi connectivity index (χ0n) is 23.6. The van der Waals surface area contributed by atoms with Gasteiger partial charge in [-0.15, -0.1) is 0 Å². The summed E-state index contributed by atoms with van der Waals surface area (Å²) in [5.41, 5.74) is 8.41. The van der Waals surface area contributed by atoms with Crippen LogP contribution in [0.2, 0.25) is 0 Å². The summed E-state index contributed by atoms with van der Waals surface area (Å²) < 4.78 is 55.0. The first-order valence-electron chi connectivity index (χ1n) is 13.6. The molecule has 10 nitrogen and oxygen atoms in total. The van der Waals surface area contributed by atoms with Crippen molar-refractivity contribution in [2.24, 2.45) is 5.73 Å². The fraction of sp³-hybridized carbons (Fsp3) is 0.300. The molecule has 5 rings (SSSR count). The molecule has 0 bridgehead atoms. The zero-order chi connectivity index (χ0) is 29.9. The Kier molecular flexibility index (Phi) is 8.55. The van der Waals surface area contributed by atoms with E-state index in [-0.39, 0.29) is 28.4 Å². The molecule has 1 fully saturated rings. The smallest absolute Gasteiger partial charge is 0.262 e.